The van der Waals surface area contributed by atoms with Gasteiger partial charge in [0.05, 0.1) is 27.0 Å². The first-order valence-corrected chi connectivity index (χ1v) is 14.6. The molecule has 0 unspecified atom stereocenters. The first-order valence-electron chi connectivity index (χ1n) is 10.8. The van der Waals surface area contributed by atoms with Crippen LogP contribution in [0, 0.1) is 0 Å². The number of nitrogens with one attached hydrogen (secondary N) is 1. The average Bonchev–Trinajstić information content (AvgIpc) is 2.77. The van der Waals surface area contributed by atoms with E-state index in [2.05, 4.69) is 21.2 Å². The van der Waals surface area contributed by atoms with Gasteiger partial charge in [0, 0.05) is 17.6 Å². The van der Waals surface area contributed by atoms with Crippen LogP contribution in [-0.4, -0.2) is 50.5 Å². The fraction of sp³-hybridized carbons (Fsp3) is 0.391. The van der Waals surface area contributed by atoms with E-state index in [-0.39, 0.29) is 33.2 Å². The van der Waals surface area contributed by atoms with Gasteiger partial charge in [0.2, 0.25) is 21.8 Å². The van der Waals surface area contributed by atoms with E-state index in [0.29, 0.717) is 6.54 Å². The van der Waals surface area contributed by atoms with Crippen LogP contribution in [-0.2, 0) is 26.2 Å². The smallest absolute Gasteiger partial charge is 0.244 e. The summed E-state index contributed by atoms with van der Waals surface area (Å²) in [4.78, 5) is 27.7. The third-order valence-electron chi connectivity index (χ3n) is 5.18. The lowest BCUT2D eigenvalue weighted by Crippen LogP contribution is -2.51. The lowest BCUT2D eigenvalue weighted by atomic mass is 10.1. The van der Waals surface area contributed by atoms with Gasteiger partial charge in [-0.2, -0.15) is 0 Å². The summed E-state index contributed by atoms with van der Waals surface area (Å²) in [5, 5.41) is 3.07. The summed E-state index contributed by atoms with van der Waals surface area (Å²) in [6.45, 7) is 3.60. The molecule has 1 N–H and O–H groups in total. The van der Waals surface area contributed by atoms with E-state index in [1.54, 1.807) is 6.92 Å². The second kappa shape index (κ2) is 13.1. The van der Waals surface area contributed by atoms with Gasteiger partial charge in [-0.3, -0.25) is 13.9 Å². The van der Waals surface area contributed by atoms with Crippen LogP contribution < -0.4 is 9.62 Å². The largest absolute Gasteiger partial charge is 0.354 e. The summed E-state index contributed by atoms with van der Waals surface area (Å²) in [7, 11) is -3.95. The van der Waals surface area contributed by atoms with Crippen molar-refractivity contribution >= 4 is 78.3 Å². The minimum atomic E-state index is -3.95. The number of carbonyl (C=O) groups is 2. The number of anilines is 1. The van der Waals surface area contributed by atoms with Gasteiger partial charge in [0.1, 0.15) is 12.6 Å². The Morgan fingerprint density at radius 3 is 2.34 bits per heavy atom. The lowest BCUT2D eigenvalue weighted by molar-refractivity contribution is -0.139. The van der Waals surface area contributed by atoms with Crippen molar-refractivity contribution in [2.45, 2.75) is 39.3 Å². The molecule has 2 aromatic rings. The molecular formula is C23H27BrCl3N3O4S. The number of unbranched alkanes of at least 4 members (excludes halogenated alkanes) is 1. The van der Waals surface area contributed by atoms with Crippen molar-refractivity contribution in [1.29, 1.82) is 0 Å². The first kappa shape index (κ1) is 29.7. The number of carbonyl (C=O) groups excluding carboxylic acids is 2. The highest BCUT2D eigenvalue weighted by Crippen LogP contribution is 2.35. The molecule has 2 aromatic carbocycles. The molecule has 35 heavy (non-hydrogen) atoms. The van der Waals surface area contributed by atoms with Gasteiger partial charge in [-0.25, -0.2) is 8.42 Å². The summed E-state index contributed by atoms with van der Waals surface area (Å²) < 4.78 is 27.0. The van der Waals surface area contributed by atoms with Crippen LogP contribution in [0.4, 0.5) is 5.69 Å². The molecule has 0 aliphatic carbocycles. The van der Waals surface area contributed by atoms with Crippen molar-refractivity contribution in [2.24, 2.45) is 0 Å². The highest BCUT2D eigenvalue weighted by atomic mass is 79.9. The second-order valence-electron chi connectivity index (χ2n) is 7.96. The molecule has 0 heterocycles. The molecule has 0 aliphatic rings. The third-order valence-corrected chi connectivity index (χ3v) is 7.82. The topological polar surface area (TPSA) is 86.8 Å². The molecule has 0 fully saturated rings. The zero-order chi connectivity index (χ0) is 26.3. The van der Waals surface area contributed by atoms with E-state index in [1.807, 2.05) is 31.2 Å². The molecule has 0 saturated heterocycles. The first-order chi connectivity index (χ1) is 16.3. The normalized spacial score (nSPS) is 12.2. The van der Waals surface area contributed by atoms with Gasteiger partial charge in [0.25, 0.3) is 0 Å². The van der Waals surface area contributed by atoms with Crippen LogP contribution in [0.3, 0.4) is 0 Å². The van der Waals surface area contributed by atoms with Gasteiger partial charge in [0.15, 0.2) is 0 Å². The molecule has 7 nitrogen and oxygen atoms in total. The van der Waals surface area contributed by atoms with Crippen LogP contribution in [0.5, 0.6) is 0 Å². The van der Waals surface area contributed by atoms with Crippen LogP contribution in [0.25, 0.3) is 0 Å². The van der Waals surface area contributed by atoms with Crippen molar-refractivity contribution in [1.82, 2.24) is 10.2 Å². The van der Waals surface area contributed by atoms with Crippen molar-refractivity contribution in [3.8, 4) is 0 Å². The van der Waals surface area contributed by atoms with Gasteiger partial charge >= 0.3 is 0 Å². The van der Waals surface area contributed by atoms with Crippen molar-refractivity contribution < 1.29 is 18.0 Å². The molecule has 0 saturated carbocycles. The number of nitrogens with zero attached hydrogens (tertiary/aromatic N) is 2. The Balaban J connectivity index is 2.42. The van der Waals surface area contributed by atoms with Gasteiger partial charge in [-0.15, -0.1) is 0 Å². The highest BCUT2D eigenvalue weighted by Gasteiger charge is 2.31. The Kier molecular flexibility index (Phi) is 11.2. The lowest BCUT2D eigenvalue weighted by Gasteiger charge is -2.31. The Morgan fingerprint density at radius 1 is 1.09 bits per heavy atom. The standard InChI is InChI=1S/C23H27BrCl3N3O4S/c1-4-5-9-28-23(32)15(2)29(13-16-7-6-8-17(24)10-16)22(31)14-30(35(3,33)34)21-12-19(26)18(25)11-20(21)27/h6-8,10-12,15H,4-5,9,13-14H2,1-3H3,(H,28,32)/t15-/m0/s1. The number of hydrogen-bond donors (Lipinski definition) is 1. The zero-order valence-electron chi connectivity index (χ0n) is 19.5. The van der Waals surface area contributed by atoms with Gasteiger partial charge < -0.3 is 10.2 Å². The number of rotatable bonds is 11. The summed E-state index contributed by atoms with van der Waals surface area (Å²) in [6, 6.07) is 9.04. The van der Waals surface area contributed by atoms with Gasteiger partial charge in [-0.05, 0) is 43.2 Å². The fourth-order valence-corrected chi connectivity index (χ4v) is 5.24. The van der Waals surface area contributed by atoms with E-state index in [0.717, 1.165) is 33.4 Å². The number of amides is 2. The molecule has 0 radical (unpaired) electrons. The Bertz CT molecular complexity index is 1180. The van der Waals surface area contributed by atoms with E-state index >= 15 is 0 Å². The Morgan fingerprint density at radius 2 is 1.74 bits per heavy atom. The Labute approximate surface area is 229 Å². The minimum absolute atomic E-state index is 0.0133. The molecule has 12 heteroatoms. The number of halogens is 4. The monoisotopic (exact) mass is 625 g/mol. The third kappa shape index (κ3) is 8.53. The molecule has 0 aliphatic heterocycles. The van der Waals surface area contributed by atoms with Crippen molar-refractivity contribution in [3.05, 3.63) is 61.5 Å². The van der Waals surface area contributed by atoms with E-state index < -0.39 is 28.5 Å². The summed E-state index contributed by atoms with van der Waals surface area (Å²) in [5.74, 6) is -0.920. The molecule has 0 spiro atoms. The summed E-state index contributed by atoms with van der Waals surface area (Å²) in [6.07, 6.45) is 2.66. The van der Waals surface area contributed by atoms with Crippen molar-refractivity contribution in [3.63, 3.8) is 0 Å². The minimum Gasteiger partial charge on any atom is -0.354 e. The van der Waals surface area contributed by atoms with Crippen LogP contribution >= 0.6 is 50.7 Å². The predicted octanol–water partition coefficient (Wildman–Crippen LogP) is 5.51. The SMILES string of the molecule is CCCCNC(=O)[C@H](C)N(Cc1cccc(Br)c1)C(=O)CN(c1cc(Cl)c(Cl)cc1Cl)S(C)(=O)=O. The molecule has 1 atom stereocenters. The molecule has 0 aromatic heterocycles. The quantitative estimate of drug-likeness (QED) is 0.263. The Hall–Kier alpha value is -1.52. The van der Waals surface area contributed by atoms with Crippen LogP contribution in [0.2, 0.25) is 15.1 Å². The van der Waals surface area contributed by atoms with Crippen LogP contribution in [0.1, 0.15) is 32.3 Å². The maximum atomic E-state index is 13.5. The summed E-state index contributed by atoms with van der Waals surface area (Å²) >= 11 is 21.7. The second-order valence-corrected chi connectivity index (χ2v) is 12.0. The van der Waals surface area contributed by atoms with Crippen molar-refractivity contribution in [2.75, 3.05) is 23.7 Å². The van der Waals surface area contributed by atoms with E-state index in [9.17, 15) is 18.0 Å². The number of hydrogen-bond acceptors (Lipinski definition) is 4. The number of benzene rings is 2. The number of sulfonamides is 1. The molecule has 2 amide bonds. The molecular weight excluding hydrogens is 601 g/mol. The maximum absolute atomic E-state index is 13.5. The van der Waals surface area contributed by atoms with E-state index in [1.165, 1.54) is 17.0 Å². The highest BCUT2D eigenvalue weighted by molar-refractivity contribution is 9.10. The van der Waals surface area contributed by atoms with Gasteiger partial charge in [-0.1, -0.05) is 76.2 Å². The molecule has 192 valence electrons. The summed E-state index contributed by atoms with van der Waals surface area (Å²) in [5.41, 5.74) is 0.777. The average molecular weight is 628 g/mol. The predicted molar refractivity (Wildman–Crippen MR) is 146 cm³/mol. The van der Waals surface area contributed by atoms with Crippen LogP contribution in [0.15, 0.2) is 40.9 Å². The maximum Gasteiger partial charge on any atom is 0.244 e. The fourth-order valence-electron chi connectivity index (χ4n) is 3.25. The van der Waals surface area contributed by atoms with E-state index in [4.69, 9.17) is 34.8 Å². The molecule has 0 bridgehead atoms. The zero-order valence-corrected chi connectivity index (χ0v) is 24.2. The molecule has 2 rings (SSSR count).